The van der Waals surface area contributed by atoms with Crippen molar-refractivity contribution in [2.45, 2.75) is 13.5 Å². The number of anilines is 5. The van der Waals surface area contributed by atoms with Crippen LogP contribution >= 0.6 is 0 Å². The lowest BCUT2D eigenvalue weighted by Crippen LogP contribution is -2.21. The average molecular weight is 373 g/mol. The van der Waals surface area contributed by atoms with Gasteiger partial charge < -0.3 is 20.5 Å². The summed E-state index contributed by atoms with van der Waals surface area (Å²) in [7, 11) is 0. The summed E-state index contributed by atoms with van der Waals surface area (Å²) in [4.78, 5) is 15.1. The van der Waals surface area contributed by atoms with Gasteiger partial charge in [-0.05, 0) is 24.6 Å². The molecule has 0 amide bonds. The second-order valence-electron chi connectivity index (χ2n) is 6.17. The summed E-state index contributed by atoms with van der Waals surface area (Å²) in [5.74, 6) is 2.96. The molecule has 0 bridgehead atoms. The monoisotopic (exact) mass is 373 g/mol. The summed E-state index contributed by atoms with van der Waals surface area (Å²) < 4.78 is 5.09. The fraction of sp³-hybridized carbons (Fsp3) is 0.100. The molecule has 0 radical (unpaired) electrons. The Morgan fingerprint density at radius 2 is 1.86 bits per heavy atom. The molecule has 4 rings (SSSR count). The Morgan fingerprint density at radius 3 is 2.57 bits per heavy atom. The number of nitrogens with one attached hydrogen (secondary N) is 1. The van der Waals surface area contributed by atoms with Crippen LogP contribution in [0.15, 0.2) is 71.6 Å². The van der Waals surface area contributed by atoms with Gasteiger partial charge in [0.25, 0.3) is 0 Å². The number of nitrogen functional groups attached to an aromatic ring is 1. The molecule has 0 fully saturated rings. The van der Waals surface area contributed by atoms with E-state index in [0.717, 1.165) is 11.4 Å². The van der Waals surface area contributed by atoms with Crippen molar-refractivity contribution in [3.05, 3.63) is 78.4 Å². The van der Waals surface area contributed by atoms with Crippen molar-refractivity contribution < 1.29 is 4.52 Å². The number of aromatic nitrogens is 4. The van der Waals surface area contributed by atoms with Crippen molar-refractivity contribution in [1.29, 1.82) is 0 Å². The molecule has 0 atom stereocenters. The van der Waals surface area contributed by atoms with Crippen molar-refractivity contribution in [2.75, 3.05) is 16.0 Å². The first-order chi connectivity index (χ1) is 13.7. The van der Waals surface area contributed by atoms with Crippen LogP contribution in [0, 0.1) is 6.92 Å². The fourth-order valence-electron chi connectivity index (χ4n) is 2.79. The third-order valence-corrected chi connectivity index (χ3v) is 4.10. The predicted octanol–water partition coefficient (Wildman–Crippen LogP) is 3.83. The maximum Gasteiger partial charge on any atom is 0.175 e. The van der Waals surface area contributed by atoms with Crippen LogP contribution in [0.2, 0.25) is 0 Å². The lowest BCUT2D eigenvalue weighted by molar-refractivity contribution is 0.400. The van der Waals surface area contributed by atoms with E-state index in [-0.39, 0.29) is 0 Å². The van der Waals surface area contributed by atoms with Gasteiger partial charge in [0, 0.05) is 12.3 Å². The molecule has 0 unspecified atom stereocenters. The van der Waals surface area contributed by atoms with Gasteiger partial charge in [0.1, 0.15) is 23.6 Å². The maximum absolute atomic E-state index is 6.41. The van der Waals surface area contributed by atoms with E-state index in [1.54, 1.807) is 12.3 Å². The molecule has 4 aromatic rings. The number of benzene rings is 1. The van der Waals surface area contributed by atoms with E-state index in [4.69, 9.17) is 10.3 Å². The molecular formula is C20H19N7O. The second kappa shape index (κ2) is 7.75. The molecular weight excluding hydrogens is 354 g/mol. The molecule has 3 heterocycles. The van der Waals surface area contributed by atoms with Gasteiger partial charge in [-0.15, -0.1) is 0 Å². The third-order valence-electron chi connectivity index (χ3n) is 4.10. The molecule has 8 heteroatoms. The van der Waals surface area contributed by atoms with Crippen LogP contribution in [-0.2, 0) is 6.54 Å². The highest BCUT2D eigenvalue weighted by atomic mass is 16.5. The molecule has 1 aromatic carbocycles. The molecule has 0 aliphatic carbocycles. The number of hydrogen-bond donors (Lipinski definition) is 2. The molecule has 0 aliphatic heterocycles. The SMILES string of the molecule is Cc1cc(Nc2ncnc(N(Cc3ccccc3)c3ccccn3)c2N)no1. The Bertz CT molecular complexity index is 1050. The third kappa shape index (κ3) is 3.75. The maximum atomic E-state index is 6.41. The Morgan fingerprint density at radius 1 is 1.04 bits per heavy atom. The zero-order chi connectivity index (χ0) is 19.3. The molecule has 28 heavy (non-hydrogen) atoms. The zero-order valence-electron chi connectivity index (χ0n) is 15.3. The van der Waals surface area contributed by atoms with Crippen molar-refractivity contribution in [2.24, 2.45) is 0 Å². The molecule has 3 aromatic heterocycles. The Labute approximate surface area is 162 Å². The van der Waals surface area contributed by atoms with Crippen LogP contribution in [0.5, 0.6) is 0 Å². The molecule has 0 saturated heterocycles. The van der Waals surface area contributed by atoms with Gasteiger partial charge >= 0.3 is 0 Å². The highest BCUT2D eigenvalue weighted by Gasteiger charge is 2.19. The minimum Gasteiger partial charge on any atom is -0.393 e. The van der Waals surface area contributed by atoms with E-state index in [1.165, 1.54) is 6.33 Å². The Hall–Kier alpha value is -3.94. The predicted molar refractivity (Wildman–Crippen MR) is 107 cm³/mol. The Kier molecular flexibility index (Phi) is 4.83. The van der Waals surface area contributed by atoms with E-state index >= 15 is 0 Å². The quantitative estimate of drug-likeness (QED) is 0.525. The van der Waals surface area contributed by atoms with Crippen LogP contribution in [-0.4, -0.2) is 20.1 Å². The number of nitrogens with zero attached hydrogens (tertiary/aromatic N) is 5. The van der Waals surface area contributed by atoms with E-state index < -0.39 is 0 Å². The van der Waals surface area contributed by atoms with Crippen LogP contribution < -0.4 is 16.0 Å². The zero-order valence-corrected chi connectivity index (χ0v) is 15.3. The minimum atomic E-state index is 0.393. The number of rotatable bonds is 6. The van der Waals surface area contributed by atoms with Crippen molar-refractivity contribution >= 4 is 29.0 Å². The smallest absolute Gasteiger partial charge is 0.175 e. The van der Waals surface area contributed by atoms with E-state index in [9.17, 15) is 0 Å². The summed E-state index contributed by atoms with van der Waals surface area (Å²) in [5, 5.41) is 7.00. The molecule has 8 nitrogen and oxygen atoms in total. The highest BCUT2D eigenvalue weighted by molar-refractivity contribution is 5.80. The number of pyridine rings is 1. The highest BCUT2D eigenvalue weighted by Crippen LogP contribution is 2.33. The van der Waals surface area contributed by atoms with Gasteiger partial charge in [-0.3, -0.25) is 0 Å². The van der Waals surface area contributed by atoms with Crippen LogP contribution in [0.1, 0.15) is 11.3 Å². The lowest BCUT2D eigenvalue weighted by atomic mass is 10.2. The van der Waals surface area contributed by atoms with Gasteiger partial charge in [0.2, 0.25) is 0 Å². The molecule has 0 spiro atoms. The number of aryl methyl sites for hydroxylation is 1. The van der Waals surface area contributed by atoms with Crippen molar-refractivity contribution in [3.8, 4) is 0 Å². The lowest BCUT2D eigenvalue weighted by Gasteiger charge is -2.24. The van der Waals surface area contributed by atoms with Gasteiger partial charge in [0.15, 0.2) is 17.5 Å². The van der Waals surface area contributed by atoms with Crippen LogP contribution in [0.3, 0.4) is 0 Å². The van der Waals surface area contributed by atoms with Crippen molar-refractivity contribution in [3.63, 3.8) is 0 Å². The van der Waals surface area contributed by atoms with Gasteiger partial charge in [-0.2, -0.15) is 0 Å². The first kappa shape index (κ1) is 17.5. The van der Waals surface area contributed by atoms with E-state index in [1.807, 2.05) is 60.4 Å². The molecule has 0 saturated carbocycles. The van der Waals surface area contributed by atoms with Crippen molar-refractivity contribution in [1.82, 2.24) is 20.1 Å². The number of hydrogen-bond acceptors (Lipinski definition) is 8. The topological polar surface area (TPSA) is 106 Å². The second-order valence-corrected chi connectivity index (χ2v) is 6.17. The summed E-state index contributed by atoms with van der Waals surface area (Å²) in [5.41, 5.74) is 7.91. The van der Waals surface area contributed by atoms with Gasteiger partial charge in [-0.25, -0.2) is 15.0 Å². The summed E-state index contributed by atoms with van der Waals surface area (Å²) in [6.45, 7) is 2.37. The largest absolute Gasteiger partial charge is 0.393 e. The van der Waals surface area contributed by atoms with E-state index in [0.29, 0.717) is 35.4 Å². The number of nitrogens with two attached hydrogens (primary N) is 1. The standard InChI is InChI=1S/C20H19N7O/c1-14-11-16(26-28-14)25-19-18(21)20(24-13-23-19)27(17-9-5-6-10-22-17)12-15-7-3-2-4-8-15/h2-11,13H,12,21H2,1H3,(H,23,24,25,26). The first-order valence-electron chi connectivity index (χ1n) is 8.74. The summed E-state index contributed by atoms with van der Waals surface area (Å²) in [6.07, 6.45) is 3.20. The van der Waals surface area contributed by atoms with Crippen LogP contribution in [0.25, 0.3) is 0 Å². The molecule has 0 aliphatic rings. The first-order valence-corrected chi connectivity index (χ1v) is 8.74. The average Bonchev–Trinajstić information content (AvgIpc) is 3.14. The molecule has 140 valence electrons. The van der Waals surface area contributed by atoms with Crippen LogP contribution in [0.4, 0.5) is 29.0 Å². The Balaban J connectivity index is 1.72. The minimum absolute atomic E-state index is 0.393. The van der Waals surface area contributed by atoms with E-state index in [2.05, 4.69) is 25.4 Å². The van der Waals surface area contributed by atoms with Gasteiger partial charge in [0.05, 0.1) is 6.54 Å². The fourth-order valence-corrected chi connectivity index (χ4v) is 2.79. The van der Waals surface area contributed by atoms with Gasteiger partial charge in [-0.1, -0.05) is 41.6 Å². The summed E-state index contributed by atoms with van der Waals surface area (Å²) in [6, 6.07) is 17.5. The normalized spacial score (nSPS) is 10.6. The summed E-state index contributed by atoms with van der Waals surface area (Å²) >= 11 is 0. The molecule has 3 N–H and O–H groups in total.